The molecule has 0 atom stereocenters. The Morgan fingerprint density at radius 3 is 2.20 bits per heavy atom. The summed E-state index contributed by atoms with van der Waals surface area (Å²) in [7, 11) is -1.79. The predicted octanol–water partition coefficient (Wildman–Crippen LogP) is 6.56. The van der Waals surface area contributed by atoms with E-state index in [-0.39, 0.29) is 5.04 Å². The Morgan fingerprint density at radius 1 is 1.20 bits per heavy atom. The van der Waals surface area contributed by atoms with E-state index < -0.39 is 8.32 Å². The van der Waals surface area contributed by atoms with Crippen LogP contribution in [0, 0.1) is 6.92 Å². The summed E-state index contributed by atoms with van der Waals surface area (Å²) in [6.45, 7) is 17.7. The molecule has 20 heavy (non-hydrogen) atoms. The number of benzene rings is 1. The van der Waals surface area contributed by atoms with Crippen molar-refractivity contribution in [1.82, 2.24) is 0 Å². The first-order valence-corrected chi connectivity index (χ1v) is 10.8. The molecule has 0 N–H and O–H groups in total. The van der Waals surface area contributed by atoms with E-state index in [1.54, 1.807) is 0 Å². The van der Waals surface area contributed by atoms with Gasteiger partial charge in [-0.15, -0.1) is 0 Å². The second-order valence-electron chi connectivity index (χ2n) is 7.18. The quantitative estimate of drug-likeness (QED) is 0.558. The molecule has 0 saturated carbocycles. The van der Waals surface area contributed by atoms with Gasteiger partial charge >= 0.3 is 0 Å². The fourth-order valence-corrected chi connectivity index (χ4v) is 3.27. The van der Waals surface area contributed by atoms with Crippen LogP contribution in [0.15, 0.2) is 22.2 Å². The first-order chi connectivity index (χ1) is 8.95. The van der Waals surface area contributed by atoms with E-state index in [1.807, 2.05) is 0 Å². The van der Waals surface area contributed by atoms with Crippen LogP contribution in [0.1, 0.15) is 45.7 Å². The highest BCUT2D eigenvalue weighted by molar-refractivity contribution is 9.10. The number of rotatable bonds is 3. The molecule has 0 radical (unpaired) electrons. The van der Waals surface area contributed by atoms with Gasteiger partial charge in [-0.2, -0.15) is 0 Å². The maximum absolute atomic E-state index is 6.41. The summed E-state index contributed by atoms with van der Waals surface area (Å²) >= 11 is 3.71. The van der Waals surface area contributed by atoms with Crippen LogP contribution in [-0.4, -0.2) is 8.32 Å². The van der Waals surface area contributed by atoms with Crippen molar-refractivity contribution in [3.8, 4) is 5.75 Å². The zero-order valence-corrected chi connectivity index (χ0v) is 16.6. The highest BCUT2D eigenvalue weighted by Gasteiger charge is 2.39. The van der Waals surface area contributed by atoms with Crippen molar-refractivity contribution in [2.45, 2.75) is 59.7 Å². The van der Waals surface area contributed by atoms with Crippen LogP contribution in [-0.2, 0) is 0 Å². The second kappa shape index (κ2) is 6.06. The third kappa shape index (κ3) is 3.98. The zero-order valence-electron chi connectivity index (χ0n) is 14.0. The lowest BCUT2D eigenvalue weighted by Gasteiger charge is -2.37. The van der Waals surface area contributed by atoms with E-state index >= 15 is 0 Å². The Kier molecular flexibility index (Phi) is 5.31. The van der Waals surface area contributed by atoms with Crippen LogP contribution in [0.25, 0.3) is 6.08 Å². The molecule has 0 unspecified atom stereocenters. The standard InChI is InChI=1S/C17H27BrOSi/c1-12(2)11-14-9-10-15(16(18)13(14)3)19-20(7,8)17(4,5)6/h9-11H,1-8H3. The van der Waals surface area contributed by atoms with Crippen molar-refractivity contribution in [2.24, 2.45) is 0 Å². The summed E-state index contributed by atoms with van der Waals surface area (Å²) in [5, 5.41) is 0.207. The Labute approximate surface area is 133 Å². The Balaban J connectivity index is 3.18. The molecule has 1 rings (SSSR count). The Hall–Kier alpha value is -0.543. The van der Waals surface area contributed by atoms with Crippen molar-refractivity contribution >= 4 is 30.3 Å². The van der Waals surface area contributed by atoms with Crippen LogP contribution in [0.3, 0.4) is 0 Å². The minimum atomic E-state index is -1.79. The number of hydrogen-bond donors (Lipinski definition) is 0. The molecule has 3 heteroatoms. The second-order valence-corrected chi connectivity index (χ2v) is 12.7. The molecule has 0 spiro atoms. The van der Waals surface area contributed by atoms with E-state index in [2.05, 4.69) is 88.8 Å². The van der Waals surface area contributed by atoms with Gasteiger partial charge in [0, 0.05) is 0 Å². The van der Waals surface area contributed by atoms with Crippen molar-refractivity contribution in [3.63, 3.8) is 0 Å². The first-order valence-electron chi connectivity index (χ1n) is 7.09. The molecule has 1 aromatic carbocycles. The third-order valence-electron chi connectivity index (χ3n) is 4.01. The van der Waals surface area contributed by atoms with Gasteiger partial charge in [0.25, 0.3) is 8.32 Å². The van der Waals surface area contributed by atoms with Crippen LogP contribution in [0.2, 0.25) is 18.1 Å². The van der Waals surface area contributed by atoms with Crippen molar-refractivity contribution in [3.05, 3.63) is 33.3 Å². The van der Waals surface area contributed by atoms with Gasteiger partial charge in [-0.3, -0.25) is 0 Å². The fraction of sp³-hybridized carbons (Fsp3) is 0.529. The lowest BCUT2D eigenvalue weighted by molar-refractivity contribution is 0.489. The summed E-state index contributed by atoms with van der Waals surface area (Å²) in [5.74, 6) is 0.972. The van der Waals surface area contributed by atoms with E-state index in [0.717, 1.165) is 10.2 Å². The highest BCUT2D eigenvalue weighted by atomic mass is 79.9. The van der Waals surface area contributed by atoms with Gasteiger partial charge in [-0.05, 0) is 72.0 Å². The van der Waals surface area contributed by atoms with Gasteiger partial charge in [0.1, 0.15) is 5.75 Å². The summed E-state index contributed by atoms with van der Waals surface area (Å²) in [4.78, 5) is 0. The van der Waals surface area contributed by atoms with E-state index in [1.165, 1.54) is 16.7 Å². The molecule has 0 aliphatic heterocycles. The van der Waals surface area contributed by atoms with Gasteiger partial charge < -0.3 is 4.43 Å². The number of halogens is 1. The molecule has 0 heterocycles. The Morgan fingerprint density at radius 2 is 1.75 bits per heavy atom. The average molecular weight is 355 g/mol. The zero-order chi connectivity index (χ0) is 15.7. The molecule has 112 valence electrons. The minimum Gasteiger partial charge on any atom is -0.543 e. The number of allylic oxidation sites excluding steroid dienone is 1. The summed E-state index contributed by atoms with van der Waals surface area (Å²) in [5.41, 5.74) is 3.79. The fourth-order valence-electron chi connectivity index (χ4n) is 1.65. The van der Waals surface area contributed by atoms with Gasteiger partial charge in [-0.1, -0.05) is 38.5 Å². The van der Waals surface area contributed by atoms with Crippen LogP contribution < -0.4 is 4.43 Å². The molecule has 0 fully saturated rings. The predicted molar refractivity (Wildman–Crippen MR) is 96.0 cm³/mol. The van der Waals surface area contributed by atoms with E-state index in [9.17, 15) is 0 Å². The Bertz CT molecular complexity index is 521. The summed E-state index contributed by atoms with van der Waals surface area (Å²) in [6.07, 6.45) is 2.20. The molecule has 0 aliphatic carbocycles. The molecule has 0 bridgehead atoms. The summed E-state index contributed by atoms with van der Waals surface area (Å²) in [6, 6.07) is 4.24. The molecular weight excluding hydrogens is 328 g/mol. The molecule has 0 saturated heterocycles. The molecule has 1 nitrogen and oxygen atoms in total. The first kappa shape index (κ1) is 17.5. The minimum absolute atomic E-state index is 0.207. The van der Waals surface area contributed by atoms with E-state index in [4.69, 9.17) is 4.43 Å². The molecule has 0 aliphatic rings. The number of hydrogen-bond acceptors (Lipinski definition) is 1. The van der Waals surface area contributed by atoms with E-state index in [0.29, 0.717) is 0 Å². The average Bonchev–Trinajstić information content (AvgIpc) is 2.26. The van der Waals surface area contributed by atoms with Gasteiger partial charge in [-0.25, -0.2) is 0 Å². The highest BCUT2D eigenvalue weighted by Crippen LogP contribution is 2.40. The van der Waals surface area contributed by atoms with Gasteiger partial charge in [0.15, 0.2) is 0 Å². The summed E-state index contributed by atoms with van der Waals surface area (Å²) < 4.78 is 7.49. The lowest BCUT2D eigenvalue weighted by Crippen LogP contribution is -2.44. The normalized spacial score (nSPS) is 12.2. The van der Waals surface area contributed by atoms with Crippen LogP contribution in [0.4, 0.5) is 0 Å². The molecular formula is C17H27BrOSi. The van der Waals surface area contributed by atoms with Crippen molar-refractivity contribution in [1.29, 1.82) is 0 Å². The van der Waals surface area contributed by atoms with Crippen molar-refractivity contribution in [2.75, 3.05) is 0 Å². The monoisotopic (exact) mass is 354 g/mol. The van der Waals surface area contributed by atoms with Crippen LogP contribution in [0.5, 0.6) is 5.75 Å². The maximum Gasteiger partial charge on any atom is 0.250 e. The molecule has 0 amide bonds. The third-order valence-corrected chi connectivity index (χ3v) is 9.34. The van der Waals surface area contributed by atoms with Crippen LogP contribution >= 0.6 is 15.9 Å². The lowest BCUT2D eigenvalue weighted by atomic mass is 10.1. The topological polar surface area (TPSA) is 9.23 Å². The maximum atomic E-state index is 6.41. The van der Waals surface area contributed by atoms with Crippen molar-refractivity contribution < 1.29 is 4.43 Å². The molecule has 0 aromatic heterocycles. The largest absolute Gasteiger partial charge is 0.543 e. The van der Waals surface area contributed by atoms with Gasteiger partial charge in [0.05, 0.1) is 4.47 Å². The SMILES string of the molecule is CC(C)=Cc1ccc(O[Si](C)(C)C(C)(C)C)c(Br)c1C. The smallest absolute Gasteiger partial charge is 0.250 e. The van der Waals surface area contributed by atoms with Gasteiger partial charge in [0.2, 0.25) is 0 Å². The molecule has 1 aromatic rings.